The zero-order chi connectivity index (χ0) is 30.2. The van der Waals surface area contributed by atoms with Gasteiger partial charge in [0.1, 0.15) is 11.6 Å². The Balaban J connectivity index is 1.54. The quantitative estimate of drug-likeness (QED) is 0.351. The highest BCUT2D eigenvalue weighted by Gasteiger charge is 2.51. The third-order valence-electron chi connectivity index (χ3n) is 8.32. The van der Waals surface area contributed by atoms with Crippen LogP contribution in [0, 0.1) is 5.82 Å². The van der Waals surface area contributed by atoms with Gasteiger partial charge in [-0.05, 0) is 48.2 Å². The number of carbonyl (C=O) groups is 2. The normalized spacial score (nSPS) is 19.0. The average Bonchev–Trinajstić information content (AvgIpc) is 3.77. The Labute approximate surface area is 250 Å². The smallest absolute Gasteiger partial charge is 0.349 e. The van der Waals surface area contributed by atoms with Crippen LogP contribution in [0.25, 0.3) is 28.0 Å². The molecule has 10 nitrogen and oxygen atoms in total. The van der Waals surface area contributed by atoms with Gasteiger partial charge in [0.2, 0.25) is 11.8 Å². The number of nitrogens with one attached hydrogen (secondary N) is 1. The zero-order valence-corrected chi connectivity index (χ0v) is 24.2. The highest BCUT2D eigenvalue weighted by Crippen LogP contribution is 2.43. The van der Waals surface area contributed by atoms with Gasteiger partial charge in [-0.1, -0.05) is 38.1 Å². The number of carbonyl (C=O) groups excluding carboxylic acids is 2. The van der Waals surface area contributed by atoms with Crippen LogP contribution in [0.1, 0.15) is 37.4 Å². The highest BCUT2D eigenvalue weighted by molar-refractivity contribution is 6.34. The lowest BCUT2D eigenvalue weighted by molar-refractivity contribution is -0.127. The van der Waals surface area contributed by atoms with Gasteiger partial charge in [0, 0.05) is 19.3 Å². The summed E-state index contributed by atoms with van der Waals surface area (Å²) in [7, 11) is 0. The first-order chi connectivity index (χ1) is 20.7. The molecule has 2 fully saturated rings. The van der Waals surface area contributed by atoms with Crippen LogP contribution >= 0.6 is 11.6 Å². The van der Waals surface area contributed by atoms with Crippen molar-refractivity contribution in [3.05, 3.63) is 81.8 Å². The molecule has 1 saturated heterocycles. The SMILES string of the molecule is C=CC(=O)N1CCN(c2nc(=O)n3c4nc(c(Cl)cc24)-c2c(F)cccc2NC(=O)Cc2ccnc(C(C)C)c2-3)[C@@H]2C[C@@H]21. The van der Waals surface area contributed by atoms with Gasteiger partial charge >= 0.3 is 5.69 Å². The molecule has 2 aliphatic heterocycles. The van der Waals surface area contributed by atoms with Crippen LogP contribution in [0.2, 0.25) is 5.02 Å². The molecule has 43 heavy (non-hydrogen) atoms. The number of hydrogen-bond donors (Lipinski definition) is 1. The molecule has 1 aromatic carbocycles. The third kappa shape index (κ3) is 4.29. The largest absolute Gasteiger partial charge is 0.355 e. The molecule has 12 heteroatoms. The third-order valence-corrected chi connectivity index (χ3v) is 8.61. The first-order valence-corrected chi connectivity index (χ1v) is 14.5. The van der Waals surface area contributed by atoms with E-state index in [1.54, 1.807) is 29.3 Å². The number of benzene rings is 1. The van der Waals surface area contributed by atoms with E-state index in [0.717, 1.165) is 6.42 Å². The number of pyridine rings is 2. The van der Waals surface area contributed by atoms with Gasteiger partial charge in [-0.2, -0.15) is 4.98 Å². The van der Waals surface area contributed by atoms with E-state index in [0.29, 0.717) is 41.2 Å². The fourth-order valence-electron chi connectivity index (χ4n) is 6.31. The van der Waals surface area contributed by atoms with Gasteiger partial charge in [-0.3, -0.25) is 14.6 Å². The van der Waals surface area contributed by atoms with Gasteiger partial charge in [0.15, 0.2) is 5.65 Å². The maximum Gasteiger partial charge on any atom is 0.355 e. The predicted molar refractivity (Wildman–Crippen MR) is 161 cm³/mol. The number of amides is 2. The second-order valence-electron chi connectivity index (χ2n) is 11.3. The lowest BCUT2D eigenvalue weighted by Gasteiger charge is -2.35. The molecular weight excluding hydrogens is 573 g/mol. The van der Waals surface area contributed by atoms with Crippen molar-refractivity contribution in [2.45, 2.75) is 44.7 Å². The molecule has 0 spiro atoms. The molecule has 2 bridgehead atoms. The molecule has 1 saturated carbocycles. The Morgan fingerprint density at radius 2 is 2.00 bits per heavy atom. The van der Waals surface area contributed by atoms with Gasteiger partial charge < -0.3 is 15.1 Å². The summed E-state index contributed by atoms with van der Waals surface area (Å²) in [5.74, 6) is -0.881. The Bertz CT molecular complexity index is 1940. The van der Waals surface area contributed by atoms with Crippen LogP contribution in [-0.4, -0.2) is 61.4 Å². The molecule has 3 aromatic heterocycles. The Morgan fingerprint density at radius 3 is 2.77 bits per heavy atom. The van der Waals surface area contributed by atoms with Crippen molar-refractivity contribution in [3.8, 4) is 16.9 Å². The number of anilines is 2. The van der Waals surface area contributed by atoms with Crippen molar-refractivity contribution in [1.29, 1.82) is 0 Å². The minimum Gasteiger partial charge on any atom is -0.349 e. The summed E-state index contributed by atoms with van der Waals surface area (Å²) in [5.41, 5.74) is 1.47. The molecule has 218 valence electrons. The molecule has 2 atom stereocenters. The number of nitrogens with zero attached hydrogens (tertiary/aromatic N) is 6. The number of fused-ring (bicyclic) bond motifs is 6. The lowest BCUT2D eigenvalue weighted by atomic mass is 10.0. The number of aromatic nitrogens is 4. The standard InChI is InChI=1S/C31H27ClFN7O3/c1-4-24(42)38-10-11-39(22-14-21(22)38)29-17-13-18(32)27-25-19(33)6-5-7-20(25)35-23(41)12-16-8-9-34-26(15(2)3)28(16)40(30(17)36-27)31(43)37-29/h4-9,13,15,21-22H,1,10-12,14H2,2-3H3,(H,35,41)/t21-,22+/m0/s1. The zero-order valence-electron chi connectivity index (χ0n) is 23.5. The molecule has 7 rings (SSSR count). The molecule has 1 aliphatic carbocycles. The number of piperazine rings is 1. The van der Waals surface area contributed by atoms with E-state index in [-0.39, 0.29) is 57.9 Å². The van der Waals surface area contributed by atoms with Crippen LogP contribution in [0.15, 0.2) is 54.0 Å². The highest BCUT2D eigenvalue weighted by atomic mass is 35.5. The summed E-state index contributed by atoms with van der Waals surface area (Å²) in [5, 5.41) is 3.43. The molecule has 0 radical (unpaired) electrons. The molecule has 5 heterocycles. The van der Waals surface area contributed by atoms with Gasteiger partial charge in [-0.25, -0.2) is 18.7 Å². The van der Waals surface area contributed by atoms with Crippen LogP contribution in [0.5, 0.6) is 0 Å². The van der Waals surface area contributed by atoms with Crippen LogP contribution in [0.3, 0.4) is 0 Å². The van der Waals surface area contributed by atoms with E-state index in [2.05, 4.69) is 21.9 Å². The van der Waals surface area contributed by atoms with Crippen molar-refractivity contribution in [2.75, 3.05) is 23.3 Å². The van der Waals surface area contributed by atoms with Gasteiger partial charge in [-0.15, -0.1) is 0 Å². The fourth-order valence-corrected chi connectivity index (χ4v) is 6.56. The lowest BCUT2D eigenvalue weighted by Crippen LogP contribution is -2.49. The monoisotopic (exact) mass is 599 g/mol. The molecule has 4 aromatic rings. The van der Waals surface area contributed by atoms with E-state index < -0.39 is 17.4 Å². The second-order valence-corrected chi connectivity index (χ2v) is 11.7. The van der Waals surface area contributed by atoms with Crippen molar-refractivity contribution >= 4 is 46.0 Å². The summed E-state index contributed by atoms with van der Waals surface area (Å²) >= 11 is 6.84. The maximum absolute atomic E-state index is 15.5. The van der Waals surface area contributed by atoms with Crippen molar-refractivity contribution in [2.24, 2.45) is 0 Å². The number of halogens is 2. The minimum atomic E-state index is -0.625. The topological polar surface area (TPSA) is 113 Å². The molecule has 2 amide bonds. The number of rotatable bonds is 3. The van der Waals surface area contributed by atoms with Crippen LogP contribution < -0.4 is 15.9 Å². The summed E-state index contributed by atoms with van der Waals surface area (Å²) < 4.78 is 16.8. The molecule has 0 unspecified atom stereocenters. The minimum absolute atomic E-state index is 0.0204. The van der Waals surface area contributed by atoms with Crippen molar-refractivity contribution in [3.63, 3.8) is 0 Å². The van der Waals surface area contributed by atoms with Gasteiger partial charge in [0.25, 0.3) is 0 Å². The first kappa shape index (κ1) is 27.2. The molecular formula is C31H27ClFN7O3. The van der Waals surface area contributed by atoms with E-state index in [9.17, 15) is 14.4 Å². The Morgan fingerprint density at radius 1 is 1.19 bits per heavy atom. The average molecular weight is 600 g/mol. The fraction of sp³-hybridized carbons (Fsp3) is 0.290. The summed E-state index contributed by atoms with van der Waals surface area (Å²) in [6.45, 7) is 8.38. The summed E-state index contributed by atoms with van der Waals surface area (Å²) in [6, 6.07) is 7.64. The van der Waals surface area contributed by atoms with E-state index >= 15 is 4.39 Å². The Kier molecular flexibility index (Phi) is 6.31. The summed E-state index contributed by atoms with van der Waals surface area (Å²) in [4.78, 5) is 57.7. The molecule has 3 aliphatic rings. The van der Waals surface area contributed by atoms with Gasteiger partial charge in [0.05, 0.1) is 57.2 Å². The van der Waals surface area contributed by atoms with Crippen molar-refractivity contribution < 1.29 is 14.0 Å². The van der Waals surface area contributed by atoms with E-state index in [4.69, 9.17) is 16.6 Å². The van der Waals surface area contributed by atoms with Crippen LogP contribution in [0.4, 0.5) is 15.9 Å². The first-order valence-electron chi connectivity index (χ1n) is 14.1. The van der Waals surface area contributed by atoms with Crippen molar-refractivity contribution in [1.82, 2.24) is 24.4 Å². The summed E-state index contributed by atoms with van der Waals surface area (Å²) in [6.07, 6.45) is 3.54. The molecule has 1 N–H and O–H groups in total. The number of hydrogen-bond acceptors (Lipinski definition) is 7. The van der Waals surface area contributed by atoms with E-state index in [1.807, 2.05) is 18.7 Å². The van der Waals surface area contributed by atoms with Crippen LogP contribution in [-0.2, 0) is 16.0 Å². The van der Waals surface area contributed by atoms with E-state index in [1.165, 1.54) is 22.8 Å². The maximum atomic E-state index is 15.5. The predicted octanol–water partition coefficient (Wildman–Crippen LogP) is 4.23. The Hall–Kier alpha value is -4.64. The second kappa shape index (κ2) is 9.98.